The lowest BCUT2D eigenvalue weighted by Gasteiger charge is -2.19. The van der Waals surface area contributed by atoms with Crippen molar-refractivity contribution in [3.63, 3.8) is 0 Å². The van der Waals surface area contributed by atoms with E-state index in [0.717, 1.165) is 17.2 Å². The molecule has 0 atom stereocenters. The van der Waals surface area contributed by atoms with Gasteiger partial charge in [0.25, 0.3) is 5.56 Å². The Hall–Kier alpha value is -3.08. The summed E-state index contributed by atoms with van der Waals surface area (Å²) in [6, 6.07) is 17.7. The standard InChI is InChI=1S/C28H36N2O3/c1-27(2,3)22-11-7-20(8-12-22)15-17-29-24(31)19-25(32)30(26(29)33)18-16-21-9-13-23(14-10-21)28(4,5)6/h7-14,19,31H,15-18H2,1-6H3. The van der Waals surface area contributed by atoms with Crippen molar-refractivity contribution in [3.05, 3.63) is 97.7 Å². The van der Waals surface area contributed by atoms with Crippen LogP contribution in [0, 0.1) is 0 Å². The molecule has 5 heteroatoms. The van der Waals surface area contributed by atoms with E-state index in [0.29, 0.717) is 19.4 Å². The molecule has 0 amide bonds. The highest BCUT2D eigenvalue weighted by atomic mass is 16.3. The highest BCUT2D eigenvalue weighted by Crippen LogP contribution is 2.23. The predicted octanol–water partition coefficient (Wildman–Crippen LogP) is 4.80. The van der Waals surface area contributed by atoms with Crippen molar-refractivity contribution in [2.24, 2.45) is 0 Å². The highest BCUT2D eigenvalue weighted by Gasteiger charge is 2.15. The summed E-state index contributed by atoms with van der Waals surface area (Å²) < 4.78 is 2.49. The molecular formula is C28H36N2O3. The second kappa shape index (κ2) is 9.42. The molecule has 3 aromatic rings. The summed E-state index contributed by atoms with van der Waals surface area (Å²) in [6.45, 7) is 13.6. The molecule has 3 rings (SSSR count). The van der Waals surface area contributed by atoms with Gasteiger partial charge in [-0.25, -0.2) is 4.79 Å². The van der Waals surface area contributed by atoms with Crippen molar-refractivity contribution < 1.29 is 5.11 Å². The topological polar surface area (TPSA) is 64.2 Å². The summed E-state index contributed by atoms with van der Waals surface area (Å²) in [5.74, 6) is -0.290. The van der Waals surface area contributed by atoms with Gasteiger partial charge in [0.2, 0.25) is 5.88 Å². The molecular weight excluding hydrogens is 412 g/mol. The normalized spacial score (nSPS) is 12.2. The van der Waals surface area contributed by atoms with Crippen molar-refractivity contribution in [1.29, 1.82) is 0 Å². The van der Waals surface area contributed by atoms with Gasteiger partial charge < -0.3 is 5.11 Å². The average Bonchev–Trinajstić information content (AvgIpc) is 2.72. The van der Waals surface area contributed by atoms with Crippen LogP contribution in [0.3, 0.4) is 0 Å². The van der Waals surface area contributed by atoms with Crippen molar-refractivity contribution in [1.82, 2.24) is 9.13 Å². The zero-order chi connectivity index (χ0) is 24.4. The molecule has 0 bridgehead atoms. The van der Waals surface area contributed by atoms with E-state index in [1.807, 2.05) is 12.1 Å². The lowest BCUT2D eigenvalue weighted by molar-refractivity contribution is 0.388. The second-order valence-electron chi connectivity index (χ2n) is 10.8. The van der Waals surface area contributed by atoms with Gasteiger partial charge in [0.15, 0.2) is 0 Å². The molecule has 0 fully saturated rings. The zero-order valence-electron chi connectivity index (χ0n) is 20.7. The molecule has 1 N–H and O–H groups in total. The molecule has 1 aromatic heterocycles. The molecule has 0 spiro atoms. The van der Waals surface area contributed by atoms with Crippen LogP contribution in [0.4, 0.5) is 0 Å². The number of aryl methyl sites for hydroxylation is 2. The molecule has 0 saturated carbocycles. The van der Waals surface area contributed by atoms with Gasteiger partial charge in [-0.1, -0.05) is 90.1 Å². The van der Waals surface area contributed by atoms with Crippen LogP contribution in [0.1, 0.15) is 63.8 Å². The molecule has 1 heterocycles. The highest BCUT2D eigenvalue weighted by molar-refractivity contribution is 5.28. The van der Waals surface area contributed by atoms with E-state index in [1.54, 1.807) is 0 Å². The van der Waals surface area contributed by atoms with Gasteiger partial charge in [-0.2, -0.15) is 0 Å². The minimum Gasteiger partial charge on any atom is -0.494 e. The Balaban J connectivity index is 1.74. The quantitative estimate of drug-likeness (QED) is 0.589. The summed E-state index contributed by atoms with van der Waals surface area (Å²) >= 11 is 0. The number of aromatic hydroxyl groups is 1. The van der Waals surface area contributed by atoms with E-state index >= 15 is 0 Å². The Bertz CT molecular complexity index is 1200. The largest absolute Gasteiger partial charge is 0.494 e. The molecule has 0 unspecified atom stereocenters. The van der Waals surface area contributed by atoms with E-state index < -0.39 is 11.2 Å². The number of aromatic nitrogens is 2. The molecule has 33 heavy (non-hydrogen) atoms. The minimum absolute atomic E-state index is 0.0766. The van der Waals surface area contributed by atoms with Crippen LogP contribution >= 0.6 is 0 Å². The van der Waals surface area contributed by atoms with Gasteiger partial charge in [0, 0.05) is 13.1 Å². The third-order valence-electron chi connectivity index (χ3n) is 6.15. The molecule has 176 valence electrons. The summed E-state index contributed by atoms with van der Waals surface area (Å²) in [5.41, 5.74) is 3.83. The third kappa shape index (κ3) is 6.04. The van der Waals surface area contributed by atoms with Gasteiger partial charge in [-0.05, 0) is 45.9 Å². The first kappa shape index (κ1) is 24.6. The summed E-state index contributed by atoms with van der Waals surface area (Å²) in [4.78, 5) is 25.4. The van der Waals surface area contributed by atoms with Crippen LogP contribution in [0.2, 0.25) is 0 Å². The molecule has 0 saturated heterocycles. The predicted molar refractivity (Wildman–Crippen MR) is 134 cm³/mol. The first-order chi connectivity index (χ1) is 15.4. The monoisotopic (exact) mass is 448 g/mol. The number of hydrogen-bond acceptors (Lipinski definition) is 3. The van der Waals surface area contributed by atoms with Crippen molar-refractivity contribution in [2.45, 2.75) is 78.3 Å². The number of benzene rings is 2. The summed E-state index contributed by atoms with van der Waals surface area (Å²) in [5, 5.41) is 10.3. The van der Waals surface area contributed by atoms with Crippen LogP contribution in [0.15, 0.2) is 64.2 Å². The Morgan fingerprint density at radius 1 is 0.667 bits per heavy atom. The van der Waals surface area contributed by atoms with Gasteiger partial charge >= 0.3 is 5.69 Å². The molecule has 0 radical (unpaired) electrons. The fourth-order valence-corrected chi connectivity index (χ4v) is 3.84. The number of nitrogens with zero attached hydrogens (tertiary/aromatic N) is 2. The minimum atomic E-state index is -0.477. The van der Waals surface area contributed by atoms with Crippen LogP contribution in [-0.2, 0) is 36.8 Å². The lowest BCUT2D eigenvalue weighted by Crippen LogP contribution is -2.40. The van der Waals surface area contributed by atoms with E-state index in [9.17, 15) is 14.7 Å². The van der Waals surface area contributed by atoms with Crippen LogP contribution < -0.4 is 11.2 Å². The third-order valence-corrected chi connectivity index (χ3v) is 6.15. The summed E-state index contributed by atoms with van der Waals surface area (Å²) in [6.07, 6.45) is 1.16. The first-order valence-electron chi connectivity index (χ1n) is 11.6. The van der Waals surface area contributed by atoms with E-state index in [4.69, 9.17) is 0 Å². The molecule has 0 aliphatic rings. The fourth-order valence-electron chi connectivity index (χ4n) is 3.84. The second-order valence-corrected chi connectivity index (χ2v) is 10.8. The Morgan fingerprint density at radius 2 is 1.06 bits per heavy atom. The van der Waals surface area contributed by atoms with E-state index in [1.165, 1.54) is 20.3 Å². The van der Waals surface area contributed by atoms with Crippen LogP contribution in [0.25, 0.3) is 0 Å². The van der Waals surface area contributed by atoms with Crippen LogP contribution in [0.5, 0.6) is 5.88 Å². The van der Waals surface area contributed by atoms with Gasteiger partial charge in [-0.3, -0.25) is 13.9 Å². The smallest absolute Gasteiger partial charge is 0.333 e. The van der Waals surface area contributed by atoms with Gasteiger partial charge in [0.1, 0.15) is 0 Å². The van der Waals surface area contributed by atoms with Crippen molar-refractivity contribution in [3.8, 4) is 5.88 Å². The van der Waals surface area contributed by atoms with E-state index in [2.05, 4.69) is 77.9 Å². The molecule has 0 aliphatic heterocycles. The average molecular weight is 449 g/mol. The van der Waals surface area contributed by atoms with Crippen molar-refractivity contribution in [2.75, 3.05) is 0 Å². The van der Waals surface area contributed by atoms with E-state index in [-0.39, 0.29) is 23.3 Å². The molecule has 5 nitrogen and oxygen atoms in total. The van der Waals surface area contributed by atoms with Gasteiger partial charge in [0.05, 0.1) is 6.07 Å². The van der Waals surface area contributed by atoms with Crippen LogP contribution in [-0.4, -0.2) is 14.2 Å². The maximum atomic E-state index is 13.0. The number of rotatable bonds is 6. The SMILES string of the molecule is CC(C)(C)c1ccc(CCn2c(O)cc(=O)n(CCc3ccc(C(C)(C)C)cc3)c2=O)cc1. The summed E-state index contributed by atoms with van der Waals surface area (Å²) in [7, 11) is 0. The fraction of sp³-hybridized carbons (Fsp3) is 0.429. The lowest BCUT2D eigenvalue weighted by atomic mass is 9.86. The number of hydrogen-bond donors (Lipinski definition) is 1. The maximum Gasteiger partial charge on any atom is 0.333 e. The zero-order valence-corrected chi connectivity index (χ0v) is 20.7. The Morgan fingerprint density at radius 3 is 1.45 bits per heavy atom. The molecule has 2 aromatic carbocycles. The Labute approximate surface area is 196 Å². The van der Waals surface area contributed by atoms with Crippen molar-refractivity contribution >= 4 is 0 Å². The molecule has 0 aliphatic carbocycles. The van der Waals surface area contributed by atoms with Gasteiger partial charge in [-0.15, -0.1) is 0 Å². The first-order valence-corrected chi connectivity index (χ1v) is 11.6. The maximum absolute atomic E-state index is 13.0. The Kier molecular flexibility index (Phi) is 7.01.